The topological polar surface area (TPSA) is 49.4 Å². The number of hydrogen-bond donors (Lipinski definition) is 1. The molecule has 0 radical (unpaired) electrons. The maximum absolute atomic E-state index is 11.7. The Balaban J connectivity index is 1.43. The fourth-order valence-electron chi connectivity index (χ4n) is 4.42. The van der Waals surface area contributed by atoms with Crippen LogP contribution in [0.5, 0.6) is 0 Å². The van der Waals surface area contributed by atoms with E-state index in [0.717, 1.165) is 30.7 Å². The van der Waals surface area contributed by atoms with Crippen molar-refractivity contribution in [3.63, 3.8) is 0 Å². The van der Waals surface area contributed by atoms with E-state index in [1.54, 1.807) is 4.31 Å². The highest BCUT2D eigenvalue weighted by atomic mass is 32.2. The summed E-state index contributed by atoms with van der Waals surface area (Å²) in [4.78, 5) is 0. The summed E-state index contributed by atoms with van der Waals surface area (Å²) in [7, 11) is -2.92. The first kappa shape index (κ1) is 13.8. The van der Waals surface area contributed by atoms with E-state index in [4.69, 9.17) is 0 Å². The van der Waals surface area contributed by atoms with Crippen LogP contribution < -0.4 is 5.32 Å². The minimum absolute atomic E-state index is 0.342. The number of fused-ring (bicyclic) bond motifs is 2. The third-order valence-corrected chi connectivity index (χ3v) is 7.42. The van der Waals surface area contributed by atoms with E-state index in [-0.39, 0.29) is 0 Å². The van der Waals surface area contributed by atoms with Crippen molar-refractivity contribution in [3.8, 4) is 0 Å². The maximum Gasteiger partial charge on any atom is 0.214 e. The highest BCUT2D eigenvalue weighted by Crippen LogP contribution is 2.49. The lowest BCUT2D eigenvalue weighted by atomic mass is 9.84. The standard InChI is InChI=1S/C14H26N2O2S/c1-11(14-10-12-3-4-13(14)9-12)15-5-7-16-6-2-8-19(16,17)18/h11-15H,2-10H2,1H3/t11-,12-,13-,14+/m0/s1. The third-order valence-electron chi connectivity index (χ3n) is 5.47. The van der Waals surface area contributed by atoms with Crippen molar-refractivity contribution in [2.24, 2.45) is 17.8 Å². The minimum Gasteiger partial charge on any atom is -0.313 e. The number of sulfonamides is 1. The van der Waals surface area contributed by atoms with Gasteiger partial charge in [-0.05, 0) is 50.4 Å². The molecule has 4 atom stereocenters. The van der Waals surface area contributed by atoms with E-state index in [9.17, 15) is 8.42 Å². The van der Waals surface area contributed by atoms with Gasteiger partial charge < -0.3 is 5.32 Å². The van der Waals surface area contributed by atoms with Crippen LogP contribution in [0.25, 0.3) is 0 Å². The lowest BCUT2D eigenvalue weighted by molar-refractivity contribution is 0.257. The van der Waals surface area contributed by atoms with Gasteiger partial charge in [-0.2, -0.15) is 0 Å². The predicted octanol–water partition coefficient (Wildman–Crippen LogP) is 1.44. The van der Waals surface area contributed by atoms with E-state index in [2.05, 4.69) is 12.2 Å². The van der Waals surface area contributed by atoms with Gasteiger partial charge in [0.05, 0.1) is 5.75 Å². The van der Waals surface area contributed by atoms with Gasteiger partial charge in [-0.3, -0.25) is 0 Å². The molecule has 1 heterocycles. The monoisotopic (exact) mass is 286 g/mol. The lowest BCUT2D eigenvalue weighted by Crippen LogP contribution is -2.41. The first-order chi connectivity index (χ1) is 9.06. The van der Waals surface area contributed by atoms with Crippen LogP contribution >= 0.6 is 0 Å². The lowest BCUT2D eigenvalue weighted by Gasteiger charge is -2.29. The summed E-state index contributed by atoms with van der Waals surface area (Å²) in [6.45, 7) is 4.44. The fraction of sp³-hybridized carbons (Fsp3) is 1.00. The molecule has 2 saturated carbocycles. The molecule has 1 aliphatic heterocycles. The SMILES string of the molecule is C[C@H](NCCN1CCCS1(=O)=O)[C@H]1C[C@H]2CC[C@H]1C2. The van der Waals surface area contributed by atoms with Crippen LogP contribution in [0.4, 0.5) is 0 Å². The smallest absolute Gasteiger partial charge is 0.214 e. The predicted molar refractivity (Wildman–Crippen MR) is 76.4 cm³/mol. The Labute approximate surface area is 117 Å². The van der Waals surface area contributed by atoms with Crippen LogP contribution in [0.1, 0.15) is 39.0 Å². The second kappa shape index (κ2) is 5.34. The van der Waals surface area contributed by atoms with Gasteiger partial charge in [-0.15, -0.1) is 0 Å². The summed E-state index contributed by atoms with van der Waals surface area (Å²) in [5, 5.41) is 3.57. The Bertz CT molecular complexity index is 423. The second-order valence-electron chi connectivity index (χ2n) is 6.65. The highest BCUT2D eigenvalue weighted by molar-refractivity contribution is 7.89. The van der Waals surface area contributed by atoms with Crippen LogP contribution in [-0.4, -0.2) is 44.2 Å². The van der Waals surface area contributed by atoms with Gasteiger partial charge in [0, 0.05) is 25.7 Å². The molecule has 2 aliphatic carbocycles. The largest absolute Gasteiger partial charge is 0.313 e. The molecular weight excluding hydrogens is 260 g/mol. The van der Waals surface area contributed by atoms with Gasteiger partial charge in [0.15, 0.2) is 0 Å². The van der Waals surface area contributed by atoms with Gasteiger partial charge in [0.1, 0.15) is 0 Å². The van der Waals surface area contributed by atoms with Crippen LogP contribution in [0.2, 0.25) is 0 Å². The fourth-order valence-corrected chi connectivity index (χ4v) is 5.95. The van der Waals surface area contributed by atoms with Gasteiger partial charge in [-0.25, -0.2) is 12.7 Å². The summed E-state index contributed by atoms with van der Waals surface area (Å²) in [6.07, 6.45) is 6.49. The zero-order valence-corrected chi connectivity index (χ0v) is 12.7. The van der Waals surface area contributed by atoms with Crippen molar-refractivity contribution in [3.05, 3.63) is 0 Å². The molecule has 1 saturated heterocycles. The maximum atomic E-state index is 11.7. The normalized spacial score (nSPS) is 38.9. The average Bonchev–Trinajstić information content (AvgIpc) is 3.05. The van der Waals surface area contributed by atoms with Crippen LogP contribution in [0.15, 0.2) is 0 Å². The summed E-state index contributed by atoms with van der Waals surface area (Å²) in [5.41, 5.74) is 0. The van der Waals surface area contributed by atoms with E-state index in [1.807, 2.05) is 0 Å². The molecular formula is C14H26N2O2S. The summed E-state index contributed by atoms with van der Waals surface area (Å²) < 4.78 is 25.0. The first-order valence-corrected chi connectivity index (χ1v) is 9.38. The van der Waals surface area contributed by atoms with Crippen molar-refractivity contribution in [2.75, 3.05) is 25.4 Å². The average molecular weight is 286 g/mol. The van der Waals surface area contributed by atoms with Gasteiger partial charge in [0.2, 0.25) is 10.0 Å². The Morgan fingerprint density at radius 2 is 2.16 bits per heavy atom. The zero-order valence-electron chi connectivity index (χ0n) is 11.8. The molecule has 0 spiro atoms. The minimum atomic E-state index is -2.92. The molecule has 3 fully saturated rings. The van der Waals surface area contributed by atoms with Crippen molar-refractivity contribution < 1.29 is 8.42 Å². The molecule has 19 heavy (non-hydrogen) atoms. The Hall–Kier alpha value is -0.130. The van der Waals surface area contributed by atoms with Gasteiger partial charge >= 0.3 is 0 Å². The molecule has 3 aliphatic rings. The van der Waals surface area contributed by atoms with Crippen molar-refractivity contribution in [2.45, 2.75) is 45.1 Å². The molecule has 5 heteroatoms. The number of rotatable bonds is 5. The van der Waals surface area contributed by atoms with E-state index in [0.29, 0.717) is 24.9 Å². The zero-order chi connectivity index (χ0) is 13.5. The molecule has 2 bridgehead atoms. The van der Waals surface area contributed by atoms with E-state index >= 15 is 0 Å². The van der Waals surface area contributed by atoms with Crippen LogP contribution in [-0.2, 0) is 10.0 Å². The summed E-state index contributed by atoms with van der Waals surface area (Å²) >= 11 is 0. The second-order valence-corrected chi connectivity index (χ2v) is 8.74. The van der Waals surface area contributed by atoms with Crippen molar-refractivity contribution >= 4 is 10.0 Å². The first-order valence-electron chi connectivity index (χ1n) is 7.77. The molecule has 0 unspecified atom stereocenters. The van der Waals surface area contributed by atoms with Gasteiger partial charge in [-0.1, -0.05) is 6.42 Å². The highest BCUT2D eigenvalue weighted by Gasteiger charge is 2.41. The Morgan fingerprint density at radius 3 is 2.74 bits per heavy atom. The summed E-state index contributed by atoms with van der Waals surface area (Å²) in [6, 6.07) is 0.542. The van der Waals surface area contributed by atoms with E-state index < -0.39 is 10.0 Å². The van der Waals surface area contributed by atoms with Crippen molar-refractivity contribution in [1.29, 1.82) is 0 Å². The van der Waals surface area contributed by atoms with Crippen LogP contribution in [0.3, 0.4) is 0 Å². The number of hydrogen-bond acceptors (Lipinski definition) is 3. The molecule has 110 valence electrons. The van der Waals surface area contributed by atoms with E-state index in [1.165, 1.54) is 25.7 Å². The number of nitrogens with one attached hydrogen (secondary N) is 1. The molecule has 0 aromatic heterocycles. The molecule has 4 nitrogen and oxygen atoms in total. The third kappa shape index (κ3) is 2.83. The number of nitrogens with zero attached hydrogens (tertiary/aromatic N) is 1. The van der Waals surface area contributed by atoms with Crippen molar-refractivity contribution in [1.82, 2.24) is 9.62 Å². The molecule has 0 amide bonds. The molecule has 3 rings (SSSR count). The summed E-state index contributed by atoms with van der Waals surface area (Å²) in [5.74, 6) is 3.09. The Morgan fingerprint density at radius 1 is 1.32 bits per heavy atom. The molecule has 0 aromatic carbocycles. The molecule has 0 aromatic rings. The van der Waals surface area contributed by atoms with Crippen LogP contribution in [0, 0.1) is 17.8 Å². The van der Waals surface area contributed by atoms with Gasteiger partial charge in [0.25, 0.3) is 0 Å². The quantitative estimate of drug-likeness (QED) is 0.832. The molecule has 1 N–H and O–H groups in total. The Kier molecular flexibility index (Phi) is 3.89.